The molecule has 1 aliphatic rings. The first-order chi connectivity index (χ1) is 6.75. The summed E-state index contributed by atoms with van der Waals surface area (Å²) in [7, 11) is 0. The molecule has 1 aromatic rings. The molecule has 4 heteroatoms. The third kappa shape index (κ3) is 1.89. The highest BCUT2D eigenvalue weighted by atomic mass is 16.1. The fourth-order valence-electron chi connectivity index (χ4n) is 1.70. The van der Waals surface area contributed by atoms with Gasteiger partial charge in [0, 0.05) is 18.4 Å². The van der Waals surface area contributed by atoms with Crippen molar-refractivity contribution in [2.24, 2.45) is 5.92 Å². The first-order valence-electron chi connectivity index (χ1n) is 4.82. The molecule has 74 valence electrons. The fraction of sp³-hybridized carbons (Fsp3) is 0.500. The van der Waals surface area contributed by atoms with E-state index in [4.69, 9.17) is 0 Å². The Morgan fingerprint density at radius 3 is 2.86 bits per heavy atom. The van der Waals surface area contributed by atoms with Gasteiger partial charge in [0.2, 0.25) is 0 Å². The van der Waals surface area contributed by atoms with Crippen molar-refractivity contribution >= 4 is 5.91 Å². The van der Waals surface area contributed by atoms with Crippen LogP contribution in [0.3, 0.4) is 0 Å². The molecule has 1 N–H and O–H groups in total. The topological polar surface area (TPSA) is 54.9 Å². The van der Waals surface area contributed by atoms with Gasteiger partial charge in [-0.25, -0.2) is 4.98 Å². The van der Waals surface area contributed by atoms with Gasteiger partial charge >= 0.3 is 0 Å². The predicted octanol–water partition coefficient (Wildman–Crippen LogP) is 1.00. The minimum atomic E-state index is -0.116. The van der Waals surface area contributed by atoms with Crippen LogP contribution in [0.5, 0.6) is 0 Å². The Bertz CT molecular complexity index is 319. The van der Waals surface area contributed by atoms with Crippen LogP contribution in [-0.4, -0.2) is 21.9 Å². The lowest BCUT2D eigenvalue weighted by atomic mass is 9.82. The molecule has 14 heavy (non-hydrogen) atoms. The molecule has 1 heterocycles. The van der Waals surface area contributed by atoms with Gasteiger partial charge in [0.05, 0.1) is 6.20 Å². The minimum absolute atomic E-state index is 0.116. The summed E-state index contributed by atoms with van der Waals surface area (Å²) in [6.07, 6.45) is 6.72. The highest BCUT2D eigenvalue weighted by Crippen LogP contribution is 2.26. The molecule has 0 aromatic carbocycles. The van der Waals surface area contributed by atoms with Crippen molar-refractivity contribution in [2.75, 3.05) is 0 Å². The summed E-state index contributed by atoms with van der Waals surface area (Å²) in [5.74, 6) is 0.622. The van der Waals surface area contributed by atoms with Crippen molar-refractivity contribution < 1.29 is 4.79 Å². The van der Waals surface area contributed by atoms with Crippen LogP contribution in [0.15, 0.2) is 18.6 Å². The lowest BCUT2D eigenvalue weighted by molar-refractivity contribution is 0.0890. The van der Waals surface area contributed by atoms with E-state index in [0.717, 1.165) is 18.8 Å². The summed E-state index contributed by atoms with van der Waals surface area (Å²) < 4.78 is 0. The van der Waals surface area contributed by atoms with Crippen LogP contribution >= 0.6 is 0 Å². The second-order valence-corrected chi connectivity index (χ2v) is 3.84. The van der Waals surface area contributed by atoms with Crippen LogP contribution in [0.4, 0.5) is 0 Å². The molecule has 0 atom stereocenters. The maximum Gasteiger partial charge on any atom is 0.271 e. The predicted molar refractivity (Wildman–Crippen MR) is 51.7 cm³/mol. The van der Waals surface area contributed by atoms with E-state index < -0.39 is 0 Å². The fourth-order valence-corrected chi connectivity index (χ4v) is 1.70. The van der Waals surface area contributed by atoms with E-state index in [0.29, 0.717) is 11.7 Å². The number of amides is 1. The Hall–Kier alpha value is -1.45. The minimum Gasteiger partial charge on any atom is -0.348 e. The summed E-state index contributed by atoms with van der Waals surface area (Å²) in [6.45, 7) is 2.19. The summed E-state index contributed by atoms with van der Waals surface area (Å²) in [4.78, 5) is 19.3. The summed E-state index contributed by atoms with van der Waals surface area (Å²) >= 11 is 0. The van der Waals surface area contributed by atoms with E-state index in [-0.39, 0.29) is 5.91 Å². The number of nitrogens with zero attached hydrogens (tertiary/aromatic N) is 2. The molecule has 0 aliphatic heterocycles. The van der Waals surface area contributed by atoms with E-state index in [1.54, 1.807) is 6.20 Å². The van der Waals surface area contributed by atoms with Crippen molar-refractivity contribution in [1.29, 1.82) is 0 Å². The summed E-state index contributed by atoms with van der Waals surface area (Å²) in [6, 6.07) is 0.333. The maximum absolute atomic E-state index is 11.5. The second kappa shape index (κ2) is 3.74. The SMILES string of the molecule is CC1CC(NC(=O)c2cnccn2)C1. The molecule has 1 aliphatic carbocycles. The van der Waals surface area contributed by atoms with Gasteiger partial charge < -0.3 is 5.32 Å². The van der Waals surface area contributed by atoms with E-state index in [1.807, 2.05) is 0 Å². The zero-order chi connectivity index (χ0) is 9.97. The molecule has 1 aromatic heterocycles. The van der Waals surface area contributed by atoms with E-state index in [9.17, 15) is 4.79 Å². The van der Waals surface area contributed by atoms with Crippen molar-refractivity contribution in [2.45, 2.75) is 25.8 Å². The molecule has 0 radical (unpaired) electrons. The molecule has 4 nitrogen and oxygen atoms in total. The zero-order valence-electron chi connectivity index (χ0n) is 8.10. The molecule has 2 rings (SSSR count). The molecule has 1 amide bonds. The zero-order valence-corrected chi connectivity index (χ0v) is 8.10. The molecule has 1 fully saturated rings. The van der Waals surface area contributed by atoms with Crippen LogP contribution in [0.1, 0.15) is 30.3 Å². The number of hydrogen-bond donors (Lipinski definition) is 1. The third-order valence-corrected chi connectivity index (χ3v) is 2.50. The number of carbonyl (C=O) groups excluding carboxylic acids is 1. The lowest BCUT2D eigenvalue weighted by Gasteiger charge is -2.33. The molecule has 0 spiro atoms. The van der Waals surface area contributed by atoms with Gasteiger partial charge in [0.25, 0.3) is 5.91 Å². The number of nitrogens with one attached hydrogen (secondary N) is 1. The van der Waals surface area contributed by atoms with Gasteiger partial charge in [-0.2, -0.15) is 0 Å². The van der Waals surface area contributed by atoms with Crippen LogP contribution < -0.4 is 5.32 Å². The van der Waals surface area contributed by atoms with Gasteiger partial charge in [-0.05, 0) is 18.8 Å². The van der Waals surface area contributed by atoms with E-state index >= 15 is 0 Å². The first-order valence-corrected chi connectivity index (χ1v) is 4.82. The molecule has 1 saturated carbocycles. The van der Waals surface area contributed by atoms with Crippen LogP contribution in [0.25, 0.3) is 0 Å². The van der Waals surface area contributed by atoms with E-state index in [1.165, 1.54) is 12.4 Å². The average molecular weight is 191 g/mol. The van der Waals surface area contributed by atoms with Gasteiger partial charge in [0.1, 0.15) is 5.69 Å². The first kappa shape index (κ1) is 9.12. The smallest absolute Gasteiger partial charge is 0.271 e. The van der Waals surface area contributed by atoms with Crippen LogP contribution in [-0.2, 0) is 0 Å². The maximum atomic E-state index is 11.5. The summed E-state index contributed by atoms with van der Waals surface area (Å²) in [5, 5.41) is 2.92. The summed E-state index contributed by atoms with van der Waals surface area (Å²) in [5.41, 5.74) is 0.395. The van der Waals surface area contributed by atoms with Gasteiger partial charge in [0.15, 0.2) is 0 Å². The lowest BCUT2D eigenvalue weighted by Crippen LogP contribution is -2.43. The van der Waals surface area contributed by atoms with Crippen molar-refractivity contribution in [3.63, 3.8) is 0 Å². The van der Waals surface area contributed by atoms with Crippen molar-refractivity contribution in [3.8, 4) is 0 Å². The van der Waals surface area contributed by atoms with Crippen molar-refractivity contribution in [3.05, 3.63) is 24.3 Å². The van der Waals surface area contributed by atoms with Crippen LogP contribution in [0, 0.1) is 5.92 Å². The highest BCUT2D eigenvalue weighted by molar-refractivity contribution is 5.92. The Morgan fingerprint density at radius 2 is 2.29 bits per heavy atom. The molecule has 0 unspecified atom stereocenters. The third-order valence-electron chi connectivity index (χ3n) is 2.50. The quantitative estimate of drug-likeness (QED) is 0.758. The standard InChI is InChI=1S/C10H13N3O/c1-7-4-8(5-7)13-10(14)9-6-11-2-3-12-9/h2-3,6-8H,4-5H2,1H3,(H,13,14). The molecular formula is C10H13N3O. The normalized spacial score (nSPS) is 25.2. The largest absolute Gasteiger partial charge is 0.348 e. The number of carbonyl (C=O) groups is 1. The molecule has 0 saturated heterocycles. The van der Waals surface area contributed by atoms with Gasteiger partial charge in [-0.3, -0.25) is 9.78 Å². The Morgan fingerprint density at radius 1 is 1.50 bits per heavy atom. The van der Waals surface area contributed by atoms with Gasteiger partial charge in [-0.15, -0.1) is 0 Å². The monoisotopic (exact) mass is 191 g/mol. The number of rotatable bonds is 2. The van der Waals surface area contributed by atoms with Gasteiger partial charge in [-0.1, -0.05) is 6.92 Å². The second-order valence-electron chi connectivity index (χ2n) is 3.84. The van der Waals surface area contributed by atoms with E-state index in [2.05, 4.69) is 22.2 Å². The molecule has 0 bridgehead atoms. The Kier molecular flexibility index (Phi) is 2.43. The molecular weight excluding hydrogens is 178 g/mol. The number of aromatic nitrogens is 2. The average Bonchev–Trinajstić information content (AvgIpc) is 2.17. The Balaban J connectivity index is 1.90. The highest BCUT2D eigenvalue weighted by Gasteiger charge is 2.27. The van der Waals surface area contributed by atoms with Crippen molar-refractivity contribution in [1.82, 2.24) is 15.3 Å². The van der Waals surface area contributed by atoms with Crippen LogP contribution in [0.2, 0.25) is 0 Å². The Labute approximate surface area is 82.8 Å². The number of hydrogen-bond acceptors (Lipinski definition) is 3.